The summed E-state index contributed by atoms with van der Waals surface area (Å²) in [6.07, 6.45) is -0.846. The van der Waals surface area contributed by atoms with Gasteiger partial charge >= 0.3 is 0 Å². The lowest BCUT2D eigenvalue weighted by molar-refractivity contribution is 0.170. The summed E-state index contributed by atoms with van der Waals surface area (Å²) >= 11 is 0. The normalized spacial score (nSPS) is 13.0. The van der Waals surface area contributed by atoms with E-state index in [4.69, 9.17) is 4.52 Å². The summed E-state index contributed by atoms with van der Waals surface area (Å²) in [6.45, 7) is 3.95. The molecule has 0 amide bonds. The van der Waals surface area contributed by atoms with Gasteiger partial charge in [-0.15, -0.1) is 0 Å². The standard InChI is InChI=1S/C12H14N2O2/c1-8(2)11-13-12(16-14-11)10(15)9-6-4-3-5-7-9/h3-8,10,15H,1-2H3. The Labute approximate surface area is 93.9 Å². The second kappa shape index (κ2) is 4.45. The zero-order valence-electron chi connectivity index (χ0n) is 9.29. The molecule has 0 saturated carbocycles. The molecule has 1 N–H and O–H groups in total. The fraction of sp³-hybridized carbons (Fsp3) is 0.333. The molecule has 0 fully saturated rings. The Balaban J connectivity index is 2.24. The Kier molecular flexibility index (Phi) is 3.01. The van der Waals surface area contributed by atoms with Crippen LogP contribution < -0.4 is 0 Å². The SMILES string of the molecule is CC(C)c1noc(C(O)c2ccccc2)n1. The summed E-state index contributed by atoms with van der Waals surface area (Å²) in [5.41, 5.74) is 0.751. The van der Waals surface area contributed by atoms with Gasteiger partial charge in [0.1, 0.15) is 0 Å². The first-order chi connectivity index (χ1) is 7.68. The topological polar surface area (TPSA) is 59.2 Å². The van der Waals surface area contributed by atoms with Crippen molar-refractivity contribution >= 4 is 0 Å². The number of benzene rings is 1. The van der Waals surface area contributed by atoms with Crippen LogP contribution in [0.5, 0.6) is 0 Å². The number of hydrogen-bond acceptors (Lipinski definition) is 4. The van der Waals surface area contributed by atoms with Gasteiger partial charge in [-0.2, -0.15) is 4.98 Å². The van der Waals surface area contributed by atoms with Crippen molar-refractivity contribution in [3.05, 3.63) is 47.6 Å². The Morgan fingerprint density at radius 3 is 2.44 bits per heavy atom. The zero-order valence-corrected chi connectivity index (χ0v) is 9.29. The number of nitrogens with zero attached hydrogens (tertiary/aromatic N) is 2. The lowest BCUT2D eigenvalue weighted by Crippen LogP contribution is -2.00. The van der Waals surface area contributed by atoms with Gasteiger partial charge in [0.05, 0.1) is 0 Å². The summed E-state index contributed by atoms with van der Waals surface area (Å²) < 4.78 is 5.03. The highest BCUT2D eigenvalue weighted by molar-refractivity contribution is 5.21. The van der Waals surface area contributed by atoms with Crippen LogP contribution in [-0.2, 0) is 0 Å². The highest BCUT2D eigenvalue weighted by atomic mass is 16.5. The largest absolute Gasteiger partial charge is 0.378 e. The monoisotopic (exact) mass is 218 g/mol. The second-order valence-electron chi connectivity index (χ2n) is 3.96. The Bertz CT molecular complexity index is 451. The fourth-order valence-electron chi connectivity index (χ4n) is 1.37. The molecule has 1 heterocycles. The predicted molar refractivity (Wildman–Crippen MR) is 58.9 cm³/mol. The average molecular weight is 218 g/mol. The third kappa shape index (κ3) is 2.12. The lowest BCUT2D eigenvalue weighted by atomic mass is 10.1. The molecule has 0 bridgehead atoms. The Hall–Kier alpha value is -1.68. The number of aliphatic hydroxyl groups is 1. The summed E-state index contributed by atoms with van der Waals surface area (Å²) in [5, 5.41) is 13.8. The molecule has 0 radical (unpaired) electrons. The van der Waals surface area contributed by atoms with Crippen molar-refractivity contribution in [3.8, 4) is 0 Å². The van der Waals surface area contributed by atoms with E-state index in [-0.39, 0.29) is 11.8 Å². The minimum Gasteiger partial charge on any atom is -0.378 e. The molecule has 4 nitrogen and oxygen atoms in total. The van der Waals surface area contributed by atoms with Crippen LogP contribution in [0.3, 0.4) is 0 Å². The first-order valence-corrected chi connectivity index (χ1v) is 5.25. The molecule has 1 aromatic heterocycles. The first kappa shape index (κ1) is 10.8. The van der Waals surface area contributed by atoms with Gasteiger partial charge in [0, 0.05) is 5.92 Å². The van der Waals surface area contributed by atoms with E-state index >= 15 is 0 Å². The number of hydrogen-bond donors (Lipinski definition) is 1. The van der Waals surface area contributed by atoms with E-state index in [0.717, 1.165) is 5.56 Å². The molecule has 1 aromatic carbocycles. The van der Waals surface area contributed by atoms with Crippen LogP contribution in [0.15, 0.2) is 34.9 Å². The third-order valence-electron chi connectivity index (χ3n) is 2.32. The third-order valence-corrected chi connectivity index (χ3v) is 2.32. The minimum atomic E-state index is -0.846. The van der Waals surface area contributed by atoms with E-state index in [2.05, 4.69) is 10.1 Å². The van der Waals surface area contributed by atoms with Gasteiger partial charge in [-0.05, 0) is 5.56 Å². The van der Waals surface area contributed by atoms with Crippen molar-refractivity contribution in [1.82, 2.24) is 10.1 Å². The van der Waals surface area contributed by atoms with Crippen molar-refractivity contribution in [2.75, 3.05) is 0 Å². The van der Waals surface area contributed by atoms with E-state index in [1.807, 2.05) is 44.2 Å². The molecule has 1 atom stereocenters. The first-order valence-electron chi connectivity index (χ1n) is 5.25. The summed E-state index contributed by atoms with van der Waals surface area (Å²) in [7, 11) is 0. The van der Waals surface area contributed by atoms with E-state index in [1.54, 1.807) is 0 Å². The van der Waals surface area contributed by atoms with Gasteiger partial charge in [0.25, 0.3) is 5.89 Å². The molecule has 4 heteroatoms. The maximum absolute atomic E-state index is 9.99. The molecule has 0 saturated heterocycles. The van der Waals surface area contributed by atoms with Crippen molar-refractivity contribution in [1.29, 1.82) is 0 Å². The molecule has 0 aliphatic carbocycles. The Morgan fingerprint density at radius 1 is 1.19 bits per heavy atom. The van der Waals surface area contributed by atoms with Crippen LogP contribution in [0.4, 0.5) is 0 Å². The second-order valence-corrected chi connectivity index (χ2v) is 3.96. The van der Waals surface area contributed by atoms with Crippen LogP contribution >= 0.6 is 0 Å². The van der Waals surface area contributed by atoms with Crippen LogP contribution in [-0.4, -0.2) is 15.2 Å². The van der Waals surface area contributed by atoms with Crippen molar-refractivity contribution in [2.45, 2.75) is 25.9 Å². The van der Waals surface area contributed by atoms with Gasteiger partial charge in [0.15, 0.2) is 11.9 Å². The molecule has 1 unspecified atom stereocenters. The predicted octanol–water partition coefficient (Wildman–Crippen LogP) is 2.27. The van der Waals surface area contributed by atoms with E-state index in [0.29, 0.717) is 5.82 Å². The maximum atomic E-state index is 9.99. The molecule has 0 aliphatic heterocycles. The molecule has 0 spiro atoms. The van der Waals surface area contributed by atoms with Crippen LogP contribution in [0.2, 0.25) is 0 Å². The molecule has 2 rings (SSSR count). The summed E-state index contributed by atoms with van der Waals surface area (Å²) in [5.74, 6) is 1.06. The van der Waals surface area contributed by atoms with E-state index in [1.165, 1.54) is 0 Å². The summed E-state index contributed by atoms with van der Waals surface area (Å²) in [4.78, 5) is 4.16. The summed E-state index contributed by atoms with van der Waals surface area (Å²) in [6, 6.07) is 9.26. The van der Waals surface area contributed by atoms with E-state index in [9.17, 15) is 5.11 Å². The van der Waals surface area contributed by atoms with Crippen molar-refractivity contribution < 1.29 is 9.63 Å². The van der Waals surface area contributed by atoms with Gasteiger partial charge in [0.2, 0.25) is 0 Å². The quantitative estimate of drug-likeness (QED) is 0.858. The van der Waals surface area contributed by atoms with Crippen LogP contribution in [0.25, 0.3) is 0 Å². The zero-order chi connectivity index (χ0) is 11.5. The molecule has 0 aliphatic rings. The van der Waals surface area contributed by atoms with Gasteiger partial charge in [-0.25, -0.2) is 0 Å². The lowest BCUT2D eigenvalue weighted by Gasteiger charge is -2.04. The molecule has 84 valence electrons. The van der Waals surface area contributed by atoms with Gasteiger partial charge in [-0.1, -0.05) is 49.3 Å². The highest BCUT2D eigenvalue weighted by Crippen LogP contribution is 2.21. The fourth-order valence-corrected chi connectivity index (χ4v) is 1.37. The number of aromatic nitrogens is 2. The molecular weight excluding hydrogens is 204 g/mol. The van der Waals surface area contributed by atoms with Crippen molar-refractivity contribution in [2.24, 2.45) is 0 Å². The van der Waals surface area contributed by atoms with E-state index < -0.39 is 6.10 Å². The minimum absolute atomic E-state index is 0.195. The van der Waals surface area contributed by atoms with Crippen molar-refractivity contribution in [3.63, 3.8) is 0 Å². The number of rotatable bonds is 3. The Morgan fingerprint density at radius 2 is 1.88 bits per heavy atom. The van der Waals surface area contributed by atoms with Crippen LogP contribution in [0.1, 0.15) is 43.1 Å². The molecule has 16 heavy (non-hydrogen) atoms. The maximum Gasteiger partial charge on any atom is 0.260 e. The highest BCUT2D eigenvalue weighted by Gasteiger charge is 2.18. The van der Waals surface area contributed by atoms with Crippen LogP contribution in [0, 0.1) is 0 Å². The smallest absolute Gasteiger partial charge is 0.260 e. The molecular formula is C12H14N2O2. The molecule has 2 aromatic rings. The van der Waals surface area contributed by atoms with Gasteiger partial charge < -0.3 is 9.63 Å². The van der Waals surface area contributed by atoms with Gasteiger partial charge in [-0.3, -0.25) is 0 Å². The average Bonchev–Trinajstić information content (AvgIpc) is 2.78. The number of aliphatic hydroxyl groups excluding tert-OH is 1.